The van der Waals surface area contributed by atoms with Gasteiger partial charge in [0.15, 0.2) is 0 Å². The Balaban J connectivity index is 2.25. The molecule has 2 aromatic rings. The highest BCUT2D eigenvalue weighted by molar-refractivity contribution is 5.77. The second-order valence-electron chi connectivity index (χ2n) is 8.09. The van der Waals surface area contributed by atoms with Crippen LogP contribution in [0.4, 0.5) is 4.79 Å². The Hall–Kier alpha value is -3.02. The summed E-state index contributed by atoms with van der Waals surface area (Å²) in [5.41, 5.74) is -1.30. The number of aliphatic carboxylic acids is 1. The van der Waals surface area contributed by atoms with E-state index in [0.717, 1.165) is 0 Å². The average molecular weight is 385 g/mol. The van der Waals surface area contributed by atoms with Crippen LogP contribution in [0.25, 0.3) is 0 Å². The molecule has 0 aliphatic heterocycles. The first-order valence-corrected chi connectivity index (χ1v) is 9.05. The highest BCUT2D eigenvalue weighted by Gasteiger charge is 2.39. The number of alkyl carbamates (subject to hydrolysis) is 1. The standard InChI is InChI=1S/C22H27NO5/c1-21(2,3)28-20(26)23-18(22(4,5)19(24)25)15-11-13-17(14-12-15)27-16-9-7-6-8-10-16/h6-14,18H,1-5H3,(H,23,26)(H,24,25)/t18-/m1/s1. The fourth-order valence-corrected chi connectivity index (χ4v) is 2.58. The van der Waals surface area contributed by atoms with Crippen LogP contribution in [0.2, 0.25) is 0 Å². The van der Waals surface area contributed by atoms with Crippen LogP contribution in [0.3, 0.4) is 0 Å². The number of carbonyl (C=O) groups is 2. The van der Waals surface area contributed by atoms with Gasteiger partial charge in [-0.3, -0.25) is 4.79 Å². The molecule has 0 radical (unpaired) electrons. The fourth-order valence-electron chi connectivity index (χ4n) is 2.58. The molecule has 150 valence electrons. The summed E-state index contributed by atoms with van der Waals surface area (Å²) in [6, 6.07) is 15.5. The molecule has 0 spiro atoms. The van der Waals surface area contributed by atoms with Crippen LogP contribution in [-0.2, 0) is 9.53 Å². The van der Waals surface area contributed by atoms with Crippen molar-refractivity contribution in [3.8, 4) is 11.5 Å². The van der Waals surface area contributed by atoms with Crippen LogP contribution in [0.15, 0.2) is 54.6 Å². The van der Waals surface area contributed by atoms with Crippen molar-refractivity contribution in [2.75, 3.05) is 0 Å². The molecule has 6 heteroatoms. The molecule has 6 nitrogen and oxygen atoms in total. The zero-order chi connectivity index (χ0) is 20.9. The van der Waals surface area contributed by atoms with E-state index >= 15 is 0 Å². The van der Waals surface area contributed by atoms with Gasteiger partial charge in [-0.15, -0.1) is 0 Å². The first-order valence-electron chi connectivity index (χ1n) is 9.05. The molecule has 0 aliphatic rings. The maximum Gasteiger partial charge on any atom is 0.408 e. The average Bonchev–Trinajstić information content (AvgIpc) is 2.59. The predicted molar refractivity (Wildman–Crippen MR) is 106 cm³/mol. The lowest BCUT2D eigenvalue weighted by Crippen LogP contribution is -2.44. The maximum absolute atomic E-state index is 12.3. The lowest BCUT2D eigenvalue weighted by Gasteiger charge is -2.32. The number of hydrogen-bond donors (Lipinski definition) is 2. The number of carbonyl (C=O) groups excluding carboxylic acids is 1. The second-order valence-corrected chi connectivity index (χ2v) is 8.09. The first kappa shape index (κ1) is 21.3. The first-order chi connectivity index (χ1) is 13.0. The van der Waals surface area contributed by atoms with Gasteiger partial charge in [0.1, 0.15) is 17.1 Å². The molecule has 0 saturated carbocycles. The summed E-state index contributed by atoms with van der Waals surface area (Å²) in [6.07, 6.45) is -0.670. The van der Waals surface area contributed by atoms with Crippen molar-refractivity contribution in [2.45, 2.75) is 46.3 Å². The minimum absolute atomic E-state index is 0.610. The molecule has 1 amide bonds. The molecule has 0 saturated heterocycles. The van der Waals surface area contributed by atoms with Crippen LogP contribution < -0.4 is 10.1 Å². The van der Waals surface area contributed by atoms with Gasteiger partial charge in [0.05, 0.1) is 11.5 Å². The number of hydrogen-bond acceptors (Lipinski definition) is 4. The van der Waals surface area contributed by atoms with Gasteiger partial charge in [-0.05, 0) is 64.4 Å². The quantitative estimate of drug-likeness (QED) is 0.718. The smallest absolute Gasteiger partial charge is 0.408 e. The Morgan fingerprint density at radius 3 is 1.93 bits per heavy atom. The third kappa shape index (κ3) is 5.74. The van der Waals surface area contributed by atoms with Crippen LogP contribution in [0.5, 0.6) is 11.5 Å². The molecular weight excluding hydrogens is 358 g/mol. The van der Waals surface area contributed by atoms with E-state index < -0.39 is 29.1 Å². The summed E-state index contributed by atoms with van der Waals surface area (Å²) >= 11 is 0. The number of amides is 1. The summed E-state index contributed by atoms with van der Waals surface area (Å²) in [6.45, 7) is 8.37. The van der Waals surface area contributed by atoms with Gasteiger partial charge < -0.3 is 19.9 Å². The molecule has 2 rings (SSSR count). The van der Waals surface area contributed by atoms with E-state index in [0.29, 0.717) is 17.1 Å². The number of carboxylic acid groups (broad SMARTS) is 1. The van der Waals surface area contributed by atoms with E-state index in [4.69, 9.17) is 9.47 Å². The molecule has 2 N–H and O–H groups in total. The number of benzene rings is 2. The zero-order valence-corrected chi connectivity index (χ0v) is 16.9. The molecule has 0 aliphatic carbocycles. The number of carboxylic acids is 1. The largest absolute Gasteiger partial charge is 0.481 e. The zero-order valence-electron chi connectivity index (χ0n) is 16.9. The molecule has 0 bridgehead atoms. The number of rotatable bonds is 6. The van der Waals surface area contributed by atoms with Gasteiger partial charge in [0.2, 0.25) is 0 Å². The third-order valence-corrected chi connectivity index (χ3v) is 4.13. The summed E-state index contributed by atoms with van der Waals surface area (Å²) in [5.74, 6) is 0.279. The molecule has 0 fully saturated rings. The van der Waals surface area contributed by atoms with E-state index in [1.165, 1.54) is 0 Å². The molecular formula is C22H27NO5. The van der Waals surface area contributed by atoms with Gasteiger partial charge in [-0.25, -0.2) is 4.79 Å². The Kier molecular flexibility index (Phi) is 6.33. The van der Waals surface area contributed by atoms with Gasteiger partial charge >= 0.3 is 12.1 Å². The second kappa shape index (κ2) is 8.33. The van der Waals surface area contributed by atoms with Crippen molar-refractivity contribution in [1.29, 1.82) is 0 Å². The molecule has 0 aromatic heterocycles. The Morgan fingerprint density at radius 2 is 1.43 bits per heavy atom. The normalized spacial score (nSPS) is 12.8. The minimum Gasteiger partial charge on any atom is -0.481 e. The molecule has 2 aromatic carbocycles. The van der Waals surface area contributed by atoms with Crippen LogP contribution in [0.1, 0.15) is 46.2 Å². The lowest BCUT2D eigenvalue weighted by atomic mass is 9.80. The summed E-state index contributed by atoms with van der Waals surface area (Å²) < 4.78 is 11.1. The fraction of sp³-hybridized carbons (Fsp3) is 0.364. The predicted octanol–water partition coefficient (Wildman–Crippen LogP) is 5.16. The SMILES string of the molecule is CC(C)(C)OC(=O)N[C@H](c1ccc(Oc2ccccc2)cc1)C(C)(C)C(=O)O. The lowest BCUT2D eigenvalue weighted by molar-refractivity contribution is -0.148. The van der Waals surface area contributed by atoms with Crippen molar-refractivity contribution < 1.29 is 24.2 Å². The summed E-state index contributed by atoms with van der Waals surface area (Å²) in [5, 5.41) is 12.3. The van der Waals surface area contributed by atoms with Gasteiger partial charge in [-0.1, -0.05) is 30.3 Å². The Labute approximate surface area is 165 Å². The molecule has 28 heavy (non-hydrogen) atoms. The minimum atomic E-state index is -1.25. The van der Waals surface area contributed by atoms with E-state index in [1.807, 2.05) is 30.3 Å². The summed E-state index contributed by atoms with van der Waals surface area (Å²) in [7, 11) is 0. The van der Waals surface area contributed by atoms with E-state index in [-0.39, 0.29) is 0 Å². The van der Waals surface area contributed by atoms with Crippen LogP contribution in [0, 0.1) is 5.41 Å². The van der Waals surface area contributed by atoms with Gasteiger partial charge in [0, 0.05) is 0 Å². The number of nitrogens with one attached hydrogen (secondary N) is 1. The number of ether oxygens (including phenoxy) is 2. The monoisotopic (exact) mass is 385 g/mol. The van der Waals surface area contributed by atoms with Crippen molar-refractivity contribution in [1.82, 2.24) is 5.32 Å². The Bertz CT molecular complexity index is 807. The molecule has 0 heterocycles. The topological polar surface area (TPSA) is 84.9 Å². The van der Waals surface area contributed by atoms with Crippen molar-refractivity contribution in [2.24, 2.45) is 5.41 Å². The maximum atomic E-state index is 12.3. The third-order valence-electron chi connectivity index (χ3n) is 4.13. The van der Waals surface area contributed by atoms with Crippen LogP contribution in [-0.4, -0.2) is 22.8 Å². The van der Waals surface area contributed by atoms with E-state index in [2.05, 4.69) is 5.32 Å². The van der Waals surface area contributed by atoms with Crippen molar-refractivity contribution >= 4 is 12.1 Å². The molecule has 1 atom stereocenters. The van der Waals surface area contributed by atoms with Gasteiger partial charge in [0.25, 0.3) is 0 Å². The Morgan fingerprint density at radius 1 is 0.893 bits per heavy atom. The highest BCUT2D eigenvalue weighted by Crippen LogP contribution is 2.35. The van der Waals surface area contributed by atoms with E-state index in [9.17, 15) is 14.7 Å². The van der Waals surface area contributed by atoms with Crippen molar-refractivity contribution in [3.63, 3.8) is 0 Å². The van der Waals surface area contributed by atoms with Gasteiger partial charge in [-0.2, -0.15) is 0 Å². The van der Waals surface area contributed by atoms with Crippen molar-refractivity contribution in [3.05, 3.63) is 60.2 Å². The highest BCUT2D eigenvalue weighted by atomic mass is 16.6. The number of para-hydroxylation sites is 1. The van der Waals surface area contributed by atoms with E-state index in [1.54, 1.807) is 58.9 Å². The molecule has 0 unspecified atom stereocenters. The summed E-state index contributed by atoms with van der Waals surface area (Å²) in [4.78, 5) is 24.1. The van der Waals surface area contributed by atoms with Crippen LogP contribution >= 0.6 is 0 Å².